The number of hydrogen-bond acceptors (Lipinski definition) is 0. The van der Waals surface area contributed by atoms with Gasteiger partial charge in [0, 0.05) is 0 Å². The number of hydrogen-bond donors (Lipinski definition) is 0. The molecule has 0 aliphatic heterocycles. The van der Waals surface area contributed by atoms with E-state index in [9.17, 15) is 0 Å². The Kier molecular flexibility index (Phi) is 10.2. The fourth-order valence-electron chi connectivity index (χ4n) is 2.48. The standard InChI is InChI=1S/C20H34/c1-8-11-12-13-18(7)20(15-17(6)9-2)19(10-3)14-16(4)5/h9-12,14,16,18,20H,3,8,13,15H2,1-2,4-7H3. The third kappa shape index (κ3) is 7.53. The van der Waals surface area contributed by atoms with Crippen LogP contribution in [-0.2, 0) is 0 Å². The molecule has 0 heteroatoms. The molecule has 0 aromatic carbocycles. The second-order valence-electron chi connectivity index (χ2n) is 6.15. The predicted molar refractivity (Wildman–Crippen MR) is 93.9 cm³/mol. The molecule has 0 rings (SSSR count). The second kappa shape index (κ2) is 10.7. The Balaban J connectivity index is 5.14. The monoisotopic (exact) mass is 274 g/mol. The van der Waals surface area contributed by atoms with E-state index in [1.165, 1.54) is 11.1 Å². The molecule has 114 valence electrons. The van der Waals surface area contributed by atoms with Crippen LogP contribution in [0.15, 0.2) is 48.1 Å². The number of rotatable bonds is 9. The summed E-state index contributed by atoms with van der Waals surface area (Å²) in [5, 5.41) is 0. The van der Waals surface area contributed by atoms with E-state index < -0.39 is 0 Å². The minimum absolute atomic E-state index is 0.576. The van der Waals surface area contributed by atoms with E-state index in [-0.39, 0.29) is 0 Å². The van der Waals surface area contributed by atoms with Crippen LogP contribution in [0.4, 0.5) is 0 Å². The summed E-state index contributed by atoms with van der Waals surface area (Å²) in [6, 6.07) is 0. The van der Waals surface area contributed by atoms with Crippen LogP contribution >= 0.6 is 0 Å². The largest absolute Gasteiger partial charge is 0.0988 e. The summed E-state index contributed by atoms with van der Waals surface area (Å²) in [5.74, 6) is 1.80. The normalized spacial score (nSPS) is 16.8. The van der Waals surface area contributed by atoms with Crippen molar-refractivity contribution in [1.82, 2.24) is 0 Å². The molecule has 2 unspecified atom stereocenters. The fraction of sp³-hybridized carbons (Fsp3) is 0.600. The molecule has 2 atom stereocenters. The van der Waals surface area contributed by atoms with Gasteiger partial charge < -0.3 is 0 Å². The first-order chi connectivity index (χ1) is 9.46. The van der Waals surface area contributed by atoms with Gasteiger partial charge in [0.2, 0.25) is 0 Å². The molecule has 0 aromatic rings. The minimum Gasteiger partial charge on any atom is -0.0988 e. The zero-order valence-electron chi connectivity index (χ0n) is 14.4. The van der Waals surface area contributed by atoms with Gasteiger partial charge in [-0.2, -0.15) is 0 Å². The summed E-state index contributed by atoms with van der Waals surface area (Å²) in [6.45, 7) is 17.4. The second-order valence-corrected chi connectivity index (χ2v) is 6.15. The Labute approximate surface area is 127 Å². The highest BCUT2D eigenvalue weighted by atomic mass is 14.2. The lowest BCUT2D eigenvalue weighted by atomic mass is 9.79. The van der Waals surface area contributed by atoms with E-state index in [1.807, 2.05) is 0 Å². The number of allylic oxidation sites excluding steroid dienone is 7. The first kappa shape index (κ1) is 19.0. The van der Waals surface area contributed by atoms with Gasteiger partial charge in [-0.15, -0.1) is 0 Å². The van der Waals surface area contributed by atoms with Crippen molar-refractivity contribution in [2.75, 3.05) is 0 Å². The Morgan fingerprint density at radius 1 is 1.15 bits per heavy atom. The van der Waals surface area contributed by atoms with Crippen molar-refractivity contribution in [2.24, 2.45) is 17.8 Å². The summed E-state index contributed by atoms with van der Waals surface area (Å²) in [7, 11) is 0. The summed E-state index contributed by atoms with van der Waals surface area (Å²) in [4.78, 5) is 0. The summed E-state index contributed by atoms with van der Waals surface area (Å²) < 4.78 is 0. The molecule has 0 amide bonds. The zero-order valence-corrected chi connectivity index (χ0v) is 14.4. The minimum atomic E-state index is 0.576. The van der Waals surface area contributed by atoms with Gasteiger partial charge >= 0.3 is 0 Å². The molecule has 0 aliphatic rings. The van der Waals surface area contributed by atoms with Crippen molar-refractivity contribution < 1.29 is 0 Å². The molecule has 0 radical (unpaired) electrons. The van der Waals surface area contributed by atoms with E-state index >= 15 is 0 Å². The maximum Gasteiger partial charge on any atom is -0.00994 e. The van der Waals surface area contributed by atoms with Crippen molar-refractivity contribution in [3.05, 3.63) is 48.1 Å². The lowest BCUT2D eigenvalue weighted by Crippen LogP contribution is -2.14. The van der Waals surface area contributed by atoms with E-state index in [2.05, 4.69) is 78.5 Å². The average Bonchev–Trinajstić information content (AvgIpc) is 2.41. The van der Waals surface area contributed by atoms with Gasteiger partial charge in [0.05, 0.1) is 0 Å². The van der Waals surface area contributed by atoms with Crippen molar-refractivity contribution >= 4 is 0 Å². The first-order valence-electron chi connectivity index (χ1n) is 8.07. The maximum absolute atomic E-state index is 4.04. The average molecular weight is 274 g/mol. The Bertz CT molecular complexity index is 352. The van der Waals surface area contributed by atoms with Crippen LogP contribution in [0.25, 0.3) is 0 Å². The highest BCUT2D eigenvalue weighted by Gasteiger charge is 2.19. The highest BCUT2D eigenvalue weighted by molar-refractivity contribution is 5.23. The van der Waals surface area contributed by atoms with Crippen LogP contribution in [0.2, 0.25) is 0 Å². The van der Waals surface area contributed by atoms with Crippen LogP contribution in [0.3, 0.4) is 0 Å². The molecular formula is C20H34. The van der Waals surface area contributed by atoms with E-state index in [4.69, 9.17) is 0 Å². The van der Waals surface area contributed by atoms with Crippen molar-refractivity contribution in [2.45, 2.75) is 60.8 Å². The Morgan fingerprint density at radius 3 is 2.25 bits per heavy atom. The lowest BCUT2D eigenvalue weighted by molar-refractivity contribution is 0.413. The molecule has 0 saturated heterocycles. The van der Waals surface area contributed by atoms with Crippen LogP contribution in [0, 0.1) is 17.8 Å². The maximum atomic E-state index is 4.04. The van der Waals surface area contributed by atoms with Gasteiger partial charge in [-0.05, 0) is 56.4 Å². The summed E-state index contributed by atoms with van der Waals surface area (Å²) in [6.07, 6.45) is 14.7. The molecule has 0 saturated carbocycles. The van der Waals surface area contributed by atoms with Crippen molar-refractivity contribution in [1.29, 1.82) is 0 Å². The van der Waals surface area contributed by atoms with E-state index in [0.717, 1.165) is 19.3 Å². The predicted octanol–water partition coefficient (Wildman–Crippen LogP) is 6.72. The van der Waals surface area contributed by atoms with Crippen LogP contribution < -0.4 is 0 Å². The van der Waals surface area contributed by atoms with Crippen LogP contribution in [0.5, 0.6) is 0 Å². The summed E-state index contributed by atoms with van der Waals surface area (Å²) in [5.41, 5.74) is 2.89. The third-order valence-electron chi connectivity index (χ3n) is 3.82. The topological polar surface area (TPSA) is 0 Å². The first-order valence-corrected chi connectivity index (χ1v) is 8.07. The SMILES string of the molecule is C=CC(=CC(C)C)C(CC(C)=CC)C(C)CC=CCC. The van der Waals surface area contributed by atoms with Crippen molar-refractivity contribution in [3.8, 4) is 0 Å². The molecule has 0 spiro atoms. The molecule has 0 N–H and O–H groups in total. The molecule has 0 nitrogen and oxygen atoms in total. The molecular weight excluding hydrogens is 240 g/mol. The molecule has 0 bridgehead atoms. The highest BCUT2D eigenvalue weighted by Crippen LogP contribution is 2.31. The molecule has 20 heavy (non-hydrogen) atoms. The molecule has 0 aliphatic carbocycles. The zero-order chi connectivity index (χ0) is 15.5. The van der Waals surface area contributed by atoms with Gasteiger partial charge in [-0.25, -0.2) is 0 Å². The van der Waals surface area contributed by atoms with Gasteiger partial charge in [0.15, 0.2) is 0 Å². The Hall–Kier alpha value is -1.04. The molecule has 0 aromatic heterocycles. The smallest absolute Gasteiger partial charge is 0.00994 e. The molecule has 0 fully saturated rings. The van der Waals surface area contributed by atoms with Gasteiger partial charge in [0.1, 0.15) is 0 Å². The quantitative estimate of drug-likeness (QED) is 0.323. The van der Waals surface area contributed by atoms with Crippen LogP contribution in [0.1, 0.15) is 60.8 Å². The lowest BCUT2D eigenvalue weighted by Gasteiger charge is -2.26. The van der Waals surface area contributed by atoms with Crippen LogP contribution in [-0.4, -0.2) is 0 Å². The van der Waals surface area contributed by atoms with E-state index in [1.54, 1.807) is 0 Å². The van der Waals surface area contributed by atoms with Gasteiger partial charge in [-0.1, -0.05) is 70.2 Å². The Morgan fingerprint density at radius 2 is 1.80 bits per heavy atom. The fourth-order valence-corrected chi connectivity index (χ4v) is 2.48. The van der Waals surface area contributed by atoms with Gasteiger partial charge in [-0.3, -0.25) is 0 Å². The van der Waals surface area contributed by atoms with Crippen molar-refractivity contribution in [3.63, 3.8) is 0 Å². The van der Waals surface area contributed by atoms with Gasteiger partial charge in [0.25, 0.3) is 0 Å². The summed E-state index contributed by atoms with van der Waals surface area (Å²) >= 11 is 0. The van der Waals surface area contributed by atoms with E-state index in [0.29, 0.717) is 17.8 Å². The third-order valence-corrected chi connectivity index (χ3v) is 3.82. The molecule has 0 heterocycles.